The highest BCUT2D eigenvalue weighted by Gasteiger charge is 2.20. The molecule has 5 heteroatoms. The second-order valence-corrected chi connectivity index (χ2v) is 7.48. The summed E-state index contributed by atoms with van der Waals surface area (Å²) in [5, 5.41) is 0.970. The smallest absolute Gasteiger partial charge is 0.227 e. The third-order valence-electron chi connectivity index (χ3n) is 3.91. The summed E-state index contributed by atoms with van der Waals surface area (Å²) < 4.78 is 2.17. The number of rotatable bonds is 4. The van der Waals surface area contributed by atoms with Crippen molar-refractivity contribution in [3.8, 4) is 0 Å². The molecule has 1 amide bonds. The van der Waals surface area contributed by atoms with Crippen LogP contribution in [0.1, 0.15) is 23.5 Å². The van der Waals surface area contributed by atoms with Gasteiger partial charge < -0.3 is 4.90 Å². The van der Waals surface area contributed by atoms with Gasteiger partial charge in [0.05, 0.1) is 22.7 Å². The van der Waals surface area contributed by atoms with Gasteiger partial charge in [0.1, 0.15) is 5.01 Å². The summed E-state index contributed by atoms with van der Waals surface area (Å²) in [6.45, 7) is 2.02. The number of carbonyl (C=O) groups is 1. The lowest BCUT2D eigenvalue weighted by atomic mass is 10.1. The van der Waals surface area contributed by atoms with Crippen LogP contribution in [0.2, 0.25) is 0 Å². The van der Waals surface area contributed by atoms with E-state index in [1.165, 1.54) is 0 Å². The van der Waals surface area contributed by atoms with Gasteiger partial charge in [0, 0.05) is 11.5 Å². The number of aromatic nitrogens is 1. The van der Waals surface area contributed by atoms with Crippen LogP contribution in [0.25, 0.3) is 10.2 Å². The highest BCUT2D eigenvalue weighted by molar-refractivity contribution is 9.10. The Morgan fingerprint density at radius 3 is 2.61 bits per heavy atom. The van der Waals surface area contributed by atoms with Crippen LogP contribution in [-0.4, -0.2) is 22.8 Å². The number of likely N-dealkylation sites (N-methyl/N-ethyl adjacent to an activating group) is 1. The first-order valence-electron chi connectivity index (χ1n) is 7.40. The van der Waals surface area contributed by atoms with Crippen LogP contribution in [0, 0.1) is 0 Å². The molecule has 0 aliphatic heterocycles. The molecule has 118 valence electrons. The second kappa shape index (κ2) is 6.81. The lowest BCUT2D eigenvalue weighted by Gasteiger charge is -2.23. The van der Waals surface area contributed by atoms with Crippen molar-refractivity contribution in [1.82, 2.24) is 9.88 Å². The average Bonchev–Trinajstić information content (AvgIpc) is 2.99. The van der Waals surface area contributed by atoms with Crippen molar-refractivity contribution in [3.05, 3.63) is 63.6 Å². The highest BCUT2D eigenvalue weighted by atomic mass is 79.9. The Hall–Kier alpha value is -1.72. The van der Waals surface area contributed by atoms with E-state index in [0.717, 1.165) is 25.3 Å². The van der Waals surface area contributed by atoms with Crippen LogP contribution in [0.3, 0.4) is 0 Å². The number of carbonyl (C=O) groups excluding carboxylic acids is 1. The molecule has 1 atom stereocenters. The summed E-state index contributed by atoms with van der Waals surface area (Å²) in [7, 11) is 1.85. The monoisotopic (exact) mass is 388 g/mol. The summed E-state index contributed by atoms with van der Waals surface area (Å²) in [6.07, 6.45) is 0.402. The topological polar surface area (TPSA) is 33.2 Å². The first-order valence-corrected chi connectivity index (χ1v) is 9.01. The molecular formula is C18H17BrN2OS. The standard InChI is InChI=1S/C18H17BrN2OS/c1-12(18-20-15-5-3-4-6-16(15)23-18)21(2)17(22)11-13-7-9-14(19)10-8-13/h3-10,12H,11H2,1-2H3/t12-/m1/s1. The van der Waals surface area contributed by atoms with E-state index in [2.05, 4.69) is 27.0 Å². The predicted octanol–water partition coefficient (Wildman–Crippen LogP) is 4.82. The fourth-order valence-electron chi connectivity index (χ4n) is 2.35. The zero-order chi connectivity index (χ0) is 16.4. The molecule has 0 saturated carbocycles. The number of fused-ring (bicyclic) bond motifs is 1. The zero-order valence-corrected chi connectivity index (χ0v) is 15.4. The number of hydrogen-bond acceptors (Lipinski definition) is 3. The Balaban J connectivity index is 1.74. The van der Waals surface area contributed by atoms with Crippen molar-refractivity contribution in [3.63, 3.8) is 0 Å². The zero-order valence-electron chi connectivity index (χ0n) is 13.0. The van der Waals surface area contributed by atoms with Crippen LogP contribution in [0.15, 0.2) is 53.0 Å². The quantitative estimate of drug-likeness (QED) is 0.641. The molecule has 0 N–H and O–H groups in total. The molecule has 1 aromatic heterocycles. The molecule has 0 aliphatic rings. The fraction of sp³-hybridized carbons (Fsp3) is 0.222. The van der Waals surface area contributed by atoms with Crippen molar-refractivity contribution >= 4 is 43.4 Å². The van der Waals surface area contributed by atoms with Crippen LogP contribution < -0.4 is 0 Å². The van der Waals surface area contributed by atoms with E-state index >= 15 is 0 Å². The van der Waals surface area contributed by atoms with Crippen molar-refractivity contribution in [1.29, 1.82) is 0 Å². The first-order chi connectivity index (χ1) is 11.0. The Morgan fingerprint density at radius 2 is 1.91 bits per heavy atom. The van der Waals surface area contributed by atoms with Crippen molar-refractivity contribution in [2.75, 3.05) is 7.05 Å². The molecule has 0 aliphatic carbocycles. The van der Waals surface area contributed by atoms with E-state index in [1.807, 2.05) is 56.4 Å². The molecule has 1 heterocycles. The minimum atomic E-state index is -0.0321. The van der Waals surface area contributed by atoms with E-state index in [0.29, 0.717) is 6.42 Å². The predicted molar refractivity (Wildman–Crippen MR) is 98.7 cm³/mol. The van der Waals surface area contributed by atoms with Gasteiger partial charge in [-0.05, 0) is 36.8 Å². The van der Waals surface area contributed by atoms with E-state index in [9.17, 15) is 4.79 Å². The van der Waals surface area contributed by atoms with Gasteiger partial charge in [0.2, 0.25) is 5.91 Å². The summed E-state index contributed by atoms with van der Waals surface area (Å²) in [5.41, 5.74) is 2.01. The summed E-state index contributed by atoms with van der Waals surface area (Å²) in [5.74, 6) is 0.0964. The van der Waals surface area contributed by atoms with E-state index in [-0.39, 0.29) is 11.9 Å². The number of halogens is 1. The number of amides is 1. The van der Waals surface area contributed by atoms with E-state index in [4.69, 9.17) is 0 Å². The van der Waals surface area contributed by atoms with Crippen LogP contribution >= 0.6 is 27.3 Å². The lowest BCUT2D eigenvalue weighted by molar-refractivity contribution is -0.131. The summed E-state index contributed by atoms with van der Waals surface area (Å²) in [4.78, 5) is 18.9. The Kier molecular flexibility index (Phi) is 4.78. The van der Waals surface area contributed by atoms with Gasteiger partial charge in [0.25, 0.3) is 0 Å². The Morgan fingerprint density at radius 1 is 1.22 bits per heavy atom. The molecule has 0 unspecified atom stereocenters. The van der Waals surface area contributed by atoms with Crippen LogP contribution in [-0.2, 0) is 11.2 Å². The molecule has 0 fully saturated rings. The van der Waals surface area contributed by atoms with Crippen LogP contribution in [0.5, 0.6) is 0 Å². The third-order valence-corrected chi connectivity index (χ3v) is 5.65. The van der Waals surface area contributed by atoms with Gasteiger partial charge in [-0.3, -0.25) is 4.79 Å². The minimum Gasteiger partial charge on any atom is -0.336 e. The molecule has 3 nitrogen and oxygen atoms in total. The molecule has 3 rings (SSSR count). The number of thiazole rings is 1. The van der Waals surface area contributed by atoms with Crippen molar-refractivity contribution in [2.45, 2.75) is 19.4 Å². The SMILES string of the molecule is C[C@H](c1nc2ccccc2s1)N(C)C(=O)Cc1ccc(Br)cc1. The van der Waals surface area contributed by atoms with Crippen molar-refractivity contribution in [2.24, 2.45) is 0 Å². The lowest BCUT2D eigenvalue weighted by Crippen LogP contribution is -2.30. The molecule has 0 spiro atoms. The molecule has 2 aromatic carbocycles. The van der Waals surface area contributed by atoms with E-state index in [1.54, 1.807) is 16.2 Å². The van der Waals surface area contributed by atoms with E-state index < -0.39 is 0 Å². The average molecular weight is 389 g/mol. The number of hydrogen-bond donors (Lipinski definition) is 0. The molecule has 23 heavy (non-hydrogen) atoms. The van der Waals surface area contributed by atoms with Gasteiger partial charge in [-0.25, -0.2) is 4.98 Å². The summed E-state index contributed by atoms with van der Waals surface area (Å²) in [6, 6.07) is 15.9. The van der Waals surface area contributed by atoms with Gasteiger partial charge in [-0.2, -0.15) is 0 Å². The van der Waals surface area contributed by atoms with Crippen LogP contribution in [0.4, 0.5) is 0 Å². The number of nitrogens with zero attached hydrogens (tertiary/aromatic N) is 2. The minimum absolute atomic E-state index is 0.0321. The molecular weight excluding hydrogens is 372 g/mol. The second-order valence-electron chi connectivity index (χ2n) is 5.50. The van der Waals surface area contributed by atoms with Gasteiger partial charge in [-0.1, -0.05) is 40.2 Å². The Labute approximate surface area is 148 Å². The van der Waals surface area contributed by atoms with Gasteiger partial charge >= 0.3 is 0 Å². The number of para-hydroxylation sites is 1. The molecule has 0 saturated heterocycles. The molecule has 0 bridgehead atoms. The van der Waals surface area contributed by atoms with Gasteiger partial charge in [-0.15, -0.1) is 11.3 Å². The molecule has 3 aromatic rings. The largest absolute Gasteiger partial charge is 0.336 e. The first kappa shape index (κ1) is 16.1. The Bertz CT molecular complexity index is 795. The summed E-state index contributed by atoms with van der Waals surface area (Å²) >= 11 is 5.06. The molecule has 0 radical (unpaired) electrons. The highest BCUT2D eigenvalue weighted by Crippen LogP contribution is 2.29. The third kappa shape index (κ3) is 3.62. The van der Waals surface area contributed by atoms with Crippen molar-refractivity contribution < 1.29 is 4.79 Å². The number of benzene rings is 2. The van der Waals surface area contributed by atoms with Gasteiger partial charge in [0.15, 0.2) is 0 Å². The maximum Gasteiger partial charge on any atom is 0.227 e. The normalized spacial score (nSPS) is 12.3. The fourth-order valence-corrected chi connectivity index (χ4v) is 3.68. The maximum atomic E-state index is 12.5. The maximum absolute atomic E-state index is 12.5.